The molecular formula is C11H10N6O3. The van der Waals surface area contributed by atoms with Gasteiger partial charge in [-0.15, -0.1) is 10.2 Å². The summed E-state index contributed by atoms with van der Waals surface area (Å²) in [4.78, 5) is 23.2. The Labute approximate surface area is 112 Å². The first kappa shape index (κ1) is 12.1. The van der Waals surface area contributed by atoms with Crippen molar-refractivity contribution < 1.29 is 14.3 Å². The minimum absolute atomic E-state index is 0.0175. The van der Waals surface area contributed by atoms with Crippen molar-refractivity contribution in [3.63, 3.8) is 0 Å². The van der Waals surface area contributed by atoms with Crippen LogP contribution < -0.4 is 15.4 Å². The summed E-state index contributed by atoms with van der Waals surface area (Å²) in [5.41, 5.74) is 0.881. The lowest BCUT2D eigenvalue weighted by atomic mass is 10.1. The van der Waals surface area contributed by atoms with E-state index in [0.717, 1.165) is 0 Å². The van der Waals surface area contributed by atoms with Crippen LogP contribution in [0.4, 0.5) is 5.69 Å². The molecule has 102 valence electrons. The normalized spacial score (nSPS) is 13.1. The molecule has 0 saturated carbocycles. The Bertz CT molecular complexity index is 654. The van der Waals surface area contributed by atoms with Crippen LogP contribution in [0.5, 0.6) is 5.75 Å². The van der Waals surface area contributed by atoms with E-state index in [2.05, 4.69) is 31.3 Å². The Morgan fingerprint density at radius 2 is 2.35 bits per heavy atom. The maximum absolute atomic E-state index is 12.0. The highest BCUT2D eigenvalue weighted by molar-refractivity contribution is 5.99. The summed E-state index contributed by atoms with van der Waals surface area (Å²) >= 11 is 0. The lowest BCUT2D eigenvalue weighted by Crippen LogP contribution is -2.27. The van der Waals surface area contributed by atoms with Crippen molar-refractivity contribution in [3.05, 3.63) is 29.6 Å². The third kappa shape index (κ3) is 2.41. The highest BCUT2D eigenvalue weighted by atomic mass is 16.5. The number of anilines is 1. The number of aromatic amines is 1. The Morgan fingerprint density at radius 3 is 3.15 bits per heavy atom. The molecule has 0 fully saturated rings. The summed E-state index contributed by atoms with van der Waals surface area (Å²) in [6, 6.07) is 4.80. The van der Waals surface area contributed by atoms with E-state index in [-0.39, 0.29) is 25.0 Å². The van der Waals surface area contributed by atoms with E-state index in [0.29, 0.717) is 22.8 Å². The molecule has 0 aliphatic carbocycles. The molecule has 3 N–H and O–H groups in total. The zero-order valence-corrected chi connectivity index (χ0v) is 10.2. The predicted octanol–water partition coefficient (Wildman–Crippen LogP) is -0.539. The van der Waals surface area contributed by atoms with E-state index in [9.17, 15) is 9.59 Å². The van der Waals surface area contributed by atoms with Gasteiger partial charge in [0.1, 0.15) is 5.75 Å². The molecule has 1 aliphatic heterocycles. The first-order valence-electron chi connectivity index (χ1n) is 5.79. The molecule has 0 spiro atoms. The van der Waals surface area contributed by atoms with E-state index in [1.807, 2.05) is 0 Å². The van der Waals surface area contributed by atoms with Gasteiger partial charge in [0.25, 0.3) is 11.8 Å². The molecule has 2 amide bonds. The molecule has 0 radical (unpaired) electrons. The fraction of sp³-hybridized carbons (Fsp3) is 0.182. The van der Waals surface area contributed by atoms with Crippen LogP contribution in [0.2, 0.25) is 0 Å². The molecule has 1 aromatic heterocycles. The standard InChI is InChI=1S/C11H10N6O3/c18-10-5-20-8-2-1-6(3-7(8)13-10)11(19)12-4-9-14-16-17-15-9/h1-3H,4-5H2,(H,12,19)(H,13,18)(H,14,15,16,17). The number of aromatic nitrogens is 4. The summed E-state index contributed by atoms with van der Waals surface area (Å²) < 4.78 is 5.21. The summed E-state index contributed by atoms with van der Waals surface area (Å²) in [6.07, 6.45) is 0. The molecule has 0 atom stereocenters. The van der Waals surface area contributed by atoms with E-state index < -0.39 is 0 Å². The van der Waals surface area contributed by atoms with Crippen LogP contribution in [0.1, 0.15) is 16.2 Å². The van der Waals surface area contributed by atoms with E-state index in [4.69, 9.17) is 4.74 Å². The van der Waals surface area contributed by atoms with Crippen molar-refractivity contribution in [2.24, 2.45) is 0 Å². The Morgan fingerprint density at radius 1 is 1.45 bits per heavy atom. The molecule has 3 rings (SSSR count). The van der Waals surface area contributed by atoms with E-state index >= 15 is 0 Å². The van der Waals surface area contributed by atoms with Crippen molar-refractivity contribution in [1.29, 1.82) is 0 Å². The largest absolute Gasteiger partial charge is 0.482 e. The van der Waals surface area contributed by atoms with Crippen molar-refractivity contribution in [2.75, 3.05) is 11.9 Å². The van der Waals surface area contributed by atoms with Crippen molar-refractivity contribution in [1.82, 2.24) is 25.9 Å². The molecule has 2 heterocycles. The first-order valence-corrected chi connectivity index (χ1v) is 5.79. The summed E-state index contributed by atoms with van der Waals surface area (Å²) in [5, 5.41) is 18.4. The third-order valence-corrected chi connectivity index (χ3v) is 2.67. The van der Waals surface area contributed by atoms with Gasteiger partial charge in [0.2, 0.25) is 0 Å². The molecule has 9 nitrogen and oxygen atoms in total. The van der Waals surface area contributed by atoms with Gasteiger partial charge < -0.3 is 15.4 Å². The molecule has 1 aliphatic rings. The maximum Gasteiger partial charge on any atom is 0.262 e. The number of hydrogen-bond donors (Lipinski definition) is 3. The molecule has 2 aromatic rings. The number of rotatable bonds is 3. The summed E-state index contributed by atoms with van der Waals surface area (Å²) in [5.74, 6) is 0.367. The molecule has 0 unspecified atom stereocenters. The summed E-state index contributed by atoms with van der Waals surface area (Å²) in [7, 11) is 0. The van der Waals surface area contributed by atoms with Gasteiger partial charge in [-0.1, -0.05) is 5.21 Å². The molecule has 9 heteroatoms. The fourth-order valence-corrected chi connectivity index (χ4v) is 1.74. The number of benzene rings is 1. The number of H-pyrrole nitrogens is 1. The number of carbonyl (C=O) groups excluding carboxylic acids is 2. The number of fused-ring (bicyclic) bond motifs is 1. The zero-order valence-electron chi connectivity index (χ0n) is 10.2. The predicted molar refractivity (Wildman–Crippen MR) is 65.9 cm³/mol. The van der Waals surface area contributed by atoms with Crippen molar-refractivity contribution >= 4 is 17.5 Å². The summed E-state index contributed by atoms with van der Waals surface area (Å²) in [6.45, 7) is 0.144. The highest BCUT2D eigenvalue weighted by Gasteiger charge is 2.17. The van der Waals surface area contributed by atoms with Crippen LogP contribution in [-0.2, 0) is 11.3 Å². The Hall–Kier alpha value is -2.97. The van der Waals surface area contributed by atoms with Crippen LogP contribution >= 0.6 is 0 Å². The number of tetrazole rings is 1. The van der Waals surface area contributed by atoms with Crippen LogP contribution in [0.15, 0.2) is 18.2 Å². The number of nitrogens with zero attached hydrogens (tertiary/aromatic N) is 3. The minimum atomic E-state index is -0.308. The Balaban J connectivity index is 1.72. The SMILES string of the molecule is O=C1COc2ccc(C(=O)NCc3nn[nH]n3)cc2N1. The van der Waals surface area contributed by atoms with Crippen LogP contribution in [0.25, 0.3) is 0 Å². The zero-order chi connectivity index (χ0) is 13.9. The van der Waals surface area contributed by atoms with Crippen LogP contribution in [-0.4, -0.2) is 39.0 Å². The Kier molecular flexibility index (Phi) is 2.99. The third-order valence-electron chi connectivity index (χ3n) is 2.67. The maximum atomic E-state index is 12.0. The van der Waals surface area contributed by atoms with Gasteiger partial charge in [0, 0.05) is 5.56 Å². The monoisotopic (exact) mass is 274 g/mol. The average Bonchev–Trinajstić information content (AvgIpc) is 2.97. The van der Waals surface area contributed by atoms with Crippen molar-refractivity contribution in [3.8, 4) is 5.75 Å². The molecule has 0 saturated heterocycles. The van der Waals surface area contributed by atoms with E-state index in [1.54, 1.807) is 18.2 Å². The van der Waals surface area contributed by atoms with Gasteiger partial charge in [0.15, 0.2) is 12.4 Å². The topological polar surface area (TPSA) is 122 Å². The average molecular weight is 274 g/mol. The number of carbonyl (C=O) groups is 2. The first-order chi connectivity index (χ1) is 9.72. The van der Waals surface area contributed by atoms with Gasteiger partial charge in [-0.25, -0.2) is 0 Å². The van der Waals surface area contributed by atoms with E-state index in [1.165, 1.54) is 0 Å². The van der Waals surface area contributed by atoms with Gasteiger partial charge in [-0.05, 0) is 18.2 Å². The second kappa shape index (κ2) is 4.96. The van der Waals surface area contributed by atoms with Gasteiger partial charge >= 0.3 is 0 Å². The lowest BCUT2D eigenvalue weighted by molar-refractivity contribution is -0.118. The van der Waals surface area contributed by atoms with Gasteiger partial charge in [0.05, 0.1) is 12.2 Å². The van der Waals surface area contributed by atoms with Gasteiger partial charge in [-0.2, -0.15) is 5.21 Å². The highest BCUT2D eigenvalue weighted by Crippen LogP contribution is 2.28. The van der Waals surface area contributed by atoms with Crippen LogP contribution in [0.3, 0.4) is 0 Å². The van der Waals surface area contributed by atoms with Crippen LogP contribution in [0, 0.1) is 0 Å². The quantitative estimate of drug-likeness (QED) is 0.691. The number of amides is 2. The molecule has 0 bridgehead atoms. The smallest absolute Gasteiger partial charge is 0.262 e. The number of nitrogens with one attached hydrogen (secondary N) is 3. The molecule has 1 aromatic carbocycles. The molecule has 20 heavy (non-hydrogen) atoms. The number of hydrogen-bond acceptors (Lipinski definition) is 6. The lowest BCUT2D eigenvalue weighted by Gasteiger charge is -2.18. The number of ether oxygens (including phenoxy) is 1. The minimum Gasteiger partial charge on any atom is -0.482 e. The fourth-order valence-electron chi connectivity index (χ4n) is 1.74. The van der Waals surface area contributed by atoms with Gasteiger partial charge in [-0.3, -0.25) is 9.59 Å². The second-order valence-electron chi connectivity index (χ2n) is 4.06. The molecular weight excluding hydrogens is 264 g/mol. The second-order valence-corrected chi connectivity index (χ2v) is 4.06. The van der Waals surface area contributed by atoms with Crippen molar-refractivity contribution in [2.45, 2.75) is 6.54 Å².